The number of nitrogens with two attached hydrogens (primary N) is 1. The topological polar surface area (TPSA) is 56.7 Å². The number of alkyl halides is 3. The van der Waals surface area contributed by atoms with Crippen LogP contribution in [-0.2, 0) is 12.6 Å². The molecule has 0 amide bonds. The van der Waals surface area contributed by atoms with Crippen LogP contribution in [-0.4, -0.2) is 20.8 Å². The van der Waals surface area contributed by atoms with Gasteiger partial charge in [0.15, 0.2) is 0 Å². The lowest BCUT2D eigenvalue weighted by Gasteiger charge is -2.25. The van der Waals surface area contributed by atoms with Crippen molar-refractivity contribution >= 4 is 0 Å². The van der Waals surface area contributed by atoms with E-state index in [1.54, 1.807) is 6.92 Å². The Morgan fingerprint density at radius 3 is 2.73 bits per heavy atom. The Bertz CT molecular complexity index is 370. The monoisotopic (exact) mass is 220 g/mol. The van der Waals surface area contributed by atoms with Crippen molar-refractivity contribution in [3.05, 3.63) is 11.6 Å². The smallest absolute Gasteiger partial charge is 0.326 e. The van der Waals surface area contributed by atoms with E-state index in [-0.39, 0.29) is 12.1 Å². The van der Waals surface area contributed by atoms with Crippen molar-refractivity contribution in [1.82, 2.24) is 14.8 Å². The van der Waals surface area contributed by atoms with Gasteiger partial charge in [0.25, 0.3) is 5.82 Å². The third-order valence-electron chi connectivity index (χ3n) is 2.66. The first-order valence-corrected chi connectivity index (χ1v) is 4.68. The molecule has 2 N–H and O–H groups in total. The maximum absolute atomic E-state index is 12.3. The fraction of sp³-hybridized carbons (Fsp3) is 0.750. The van der Waals surface area contributed by atoms with Crippen LogP contribution in [0.5, 0.6) is 0 Å². The number of aromatic nitrogens is 3. The Morgan fingerprint density at radius 2 is 2.13 bits per heavy atom. The number of rotatable bonds is 0. The van der Waals surface area contributed by atoms with E-state index in [0.717, 1.165) is 0 Å². The summed E-state index contributed by atoms with van der Waals surface area (Å²) in [5.41, 5.74) is 5.74. The van der Waals surface area contributed by atoms with Crippen LogP contribution in [0.15, 0.2) is 0 Å². The standard InChI is InChI=1S/C8H11F3N4/c1-4-5(12)2-3-6-13-7(8(9,10)11)14-15(4)6/h4-5H,2-3,12H2,1H3. The summed E-state index contributed by atoms with van der Waals surface area (Å²) in [4.78, 5) is 3.48. The van der Waals surface area contributed by atoms with Crippen LogP contribution in [0, 0.1) is 0 Å². The number of fused-ring (bicyclic) bond motifs is 1. The molecule has 7 heteroatoms. The molecule has 1 aliphatic heterocycles. The average Bonchev–Trinajstić information content (AvgIpc) is 2.55. The predicted molar refractivity (Wildman–Crippen MR) is 46.0 cm³/mol. The summed E-state index contributed by atoms with van der Waals surface area (Å²) >= 11 is 0. The highest BCUT2D eigenvalue weighted by Gasteiger charge is 2.38. The van der Waals surface area contributed by atoms with Crippen LogP contribution < -0.4 is 5.73 Å². The quantitative estimate of drug-likeness (QED) is 0.713. The molecule has 2 rings (SSSR count). The number of nitrogens with zero attached hydrogens (tertiary/aromatic N) is 3. The van der Waals surface area contributed by atoms with Gasteiger partial charge in [0.2, 0.25) is 0 Å². The van der Waals surface area contributed by atoms with E-state index >= 15 is 0 Å². The second kappa shape index (κ2) is 3.19. The van der Waals surface area contributed by atoms with Crippen LogP contribution in [0.2, 0.25) is 0 Å². The molecule has 0 saturated heterocycles. The molecule has 4 nitrogen and oxygen atoms in total. The molecule has 0 bridgehead atoms. The minimum absolute atomic E-state index is 0.153. The molecule has 0 fully saturated rings. The Labute approximate surface area is 84.3 Å². The Morgan fingerprint density at radius 1 is 1.47 bits per heavy atom. The number of halogens is 3. The molecule has 2 unspecified atom stereocenters. The summed E-state index contributed by atoms with van der Waals surface area (Å²) in [7, 11) is 0. The lowest BCUT2D eigenvalue weighted by molar-refractivity contribution is -0.145. The van der Waals surface area contributed by atoms with Gasteiger partial charge in [-0.3, -0.25) is 0 Å². The third kappa shape index (κ3) is 1.71. The van der Waals surface area contributed by atoms with Crippen LogP contribution in [0.1, 0.15) is 31.0 Å². The molecule has 0 aliphatic carbocycles. The highest BCUT2D eigenvalue weighted by atomic mass is 19.4. The van der Waals surface area contributed by atoms with E-state index in [1.807, 2.05) is 0 Å². The molecular formula is C8H11F3N4. The van der Waals surface area contributed by atoms with Crippen molar-refractivity contribution in [3.63, 3.8) is 0 Å². The zero-order chi connectivity index (χ0) is 11.2. The summed E-state index contributed by atoms with van der Waals surface area (Å²) in [6.45, 7) is 1.75. The molecule has 84 valence electrons. The van der Waals surface area contributed by atoms with E-state index < -0.39 is 12.0 Å². The molecule has 1 aromatic rings. The predicted octanol–water partition coefficient (Wildman–Crippen LogP) is 1.13. The second-order valence-corrected chi connectivity index (χ2v) is 3.74. The number of aryl methyl sites for hydroxylation is 1. The average molecular weight is 220 g/mol. The molecule has 2 atom stereocenters. The zero-order valence-corrected chi connectivity index (χ0v) is 8.12. The van der Waals surface area contributed by atoms with Crippen LogP contribution in [0.25, 0.3) is 0 Å². The largest absolute Gasteiger partial charge is 0.453 e. The van der Waals surface area contributed by atoms with Crippen molar-refractivity contribution in [2.24, 2.45) is 5.73 Å². The van der Waals surface area contributed by atoms with E-state index in [2.05, 4.69) is 10.1 Å². The molecule has 1 aliphatic rings. The van der Waals surface area contributed by atoms with Crippen LogP contribution in [0.3, 0.4) is 0 Å². The maximum Gasteiger partial charge on any atom is 0.453 e. The summed E-state index contributed by atoms with van der Waals surface area (Å²) in [5.74, 6) is -0.699. The first-order chi connectivity index (χ1) is 6.89. The van der Waals surface area contributed by atoms with Crippen LogP contribution >= 0.6 is 0 Å². The van der Waals surface area contributed by atoms with Crippen molar-refractivity contribution in [1.29, 1.82) is 0 Å². The Kier molecular flexibility index (Phi) is 2.22. The molecule has 2 heterocycles. The minimum atomic E-state index is -4.48. The molecule has 0 spiro atoms. The maximum atomic E-state index is 12.3. The van der Waals surface area contributed by atoms with E-state index in [1.165, 1.54) is 4.68 Å². The van der Waals surface area contributed by atoms with Gasteiger partial charge in [0.05, 0.1) is 6.04 Å². The lowest BCUT2D eigenvalue weighted by atomic mass is 10.0. The normalized spacial score (nSPS) is 26.5. The van der Waals surface area contributed by atoms with Crippen molar-refractivity contribution in [2.75, 3.05) is 0 Å². The van der Waals surface area contributed by atoms with E-state index in [4.69, 9.17) is 5.73 Å². The van der Waals surface area contributed by atoms with Gasteiger partial charge in [-0.15, -0.1) is 5.10 Å². The van der Waals surface area contributed by atoms with Gasteiger partial charge < -0.3 is 5.73 Å². The molecule has 0 saturated carbocycles. The highest BCUT2D eigenvalue weighted by Crippen LogP contribution is 2.29. The van der Waals surface area contributed by atoms with Crippen LogP contribution in [0.4, 0.5) is 13.2 Å². The zero-order valence-electron chi connectivity index (χ0n) is 8.12. The first kappa shape index (κ1) is 10.4. The first-order valence-electron chi connectivity index (χ1n) is 4.68. The van der Waals surface area contributed by atoms with Gasteiger partial charge in [-0.2, -0.15) is 13.2 Å². The van der Waals surface area contributed by atoms with Gasteiger partial charge in [0, 0.05) is 12.5 Å². The van der Waals surface area contributed by atoms with Gasteiger partial charge in [-0.05, 0) is 13.3 Å². The van der Waals surface area contributed by atoms with E-state index in [0.29, 0.717) is 18.7 Å². The Balaban J connectivity index is 2.40. The highest BCUT2D eigenvalue weighted by molar-refractivity contribution is 5.02. The van der Waals surface area contributed by atoms with Gasteiger partial charge >= 0.3 is 6.18 Å². The Hall–Kier alpha value is -1.11. The molecule has 1 aromatic heterocycles. The third-order valence-corrected chi connectivity index (χ3v) is 2.66. The SMILES string of the molecule is CC1C(N)CCc2nc(C(F)(F)F)nn21. The minimum Gasteiger partial charge on any atom is -0.326 e. The van der Waals surface area contributed by atoms with Gasteiger partial charge in [-0.1, -0.05) is 0 Å². The van der Waals surface area contributed by atoms with Gasteiger partial charge in [0.1, 0.15) is 5.82 Å². The van der Waals surface area contributed by atoms with Crippen molar-refractivity contribution < 1.29 is 13.2 Å². The fourth-order valence-corrected chi connectivity index (χ4v) is 1.69. The molecular weight excluding hydrogens is 209 g/mol. The second-order valence-electron chi connectivity index (χ2n) is 3.74. The summed E-state index contributed by atoms with van der Waals surface area (Å²) in [6, 6.07) is -0.377. The molecule has 0 radical (unpaired) electrons. The summed E-state index contributed by atoms with van der Waals surface area (Å²) in [5, 5.41) is 3.45. The number of hydrogen-bond acceptors (Lipinski definition) is 3. The molecule has 0 aromatic carbocycles. The van der Waals surface area contributed by atoms with E-state index in [9.17, 15) is 13.2 Å². The van der Waals surface area contributed by atoms with Gasteiger partial charge in [-0.25, -0.2) is 9.67 Å². The summed E-state index contributed by atoms with van der Waals surface area (Å²) in [6.07, 6.45) is -3.38. The van der Waals surface area contributed by atoms with Crippen molar-refractivity contribution in [3.8, 4) is 0 Å². The fourth-order valence-electron chi connectivity index (χ4n) is 1.69. The van der Waals surface area contributed by atoms with Crippen molar-refractivity contribution in [2.45, 2.75) is 38.0 Å². The number of hydrogen-bond donors (Lipinski definition) is 1. The lowest BCUT2D eigenvalue weighted by Crippen LogP contribution is -2.36. The molecule has 15 heavy (non-hydrogen) atoms. The summed E-state index contributed by atoms with van der Waals surface area (Å²) < 4.78 is 38.3.